The molecule has 2 fully saturated rings. The molecule has 1 aromatic heterocycles. The number of hydrogen-bond acceptors (Lipinski definition) is 3. The Morgan fingerprint density at radius 3 is 2.57 bits per heavy atom. The molecule has 6 nitrogen and oxygen atoms in total. The molecule has 2 aliphatic rings. The molecule has 1 spiro atoms. The molecule has 2 heterocycles. The number of aliphatic carboxylic acids is 1. The minimum absolute atomic E-state index is 0.0472. The van der Waals surface area contributed by atoms with Gasteiger partial charge in [0.25, 0.3) is 5.91 Å². The van der Waals surface area contributed by atoms with E-state index in [2.05, 4.69) is 18.4 Å². The van der Waals surface area contributed by atoms with E-state index in [-0.39, 0.29) is 17.2 Å². The van der Waals surface area contributed by atoms with Crippen LogP contribution in [0.5, 0.6) is 0 Å². The number of likely N-dealkylation sites (tertiary alicyclic amines) is 1. The van der Waals surface area contributed by atoms with Gasteiger partial charge in [-0.1, -0.05) is 0 Å². The number of aromatic nitrogens is 1. The van der Waals surface area contributed by atoms with Crippen LogP contribution >= 0.6 is 0 Å². The summed E-state index contributed by atoms with van der Waals surface area (Å²) >= 11 is 0. The van der Waals surface area contributed by atoms with Gasteiger partial charge in [-0.3, -0.25) is 9.59 Å². The van der Waals surface area contributed by atoms with Gasteiger partial charge in [-0.05, 0) is 62.3 Å². The summed E-state index contributed by atoms with van der Waals surface area (Å²) in [5, 5.41) is 10.4. The van der Waals surface area contributed by atoms with Crippen LogP contribution in [0.25, 0.3) is 10.9 Å². The zero-order chi connectivity index (χ0) is 20.1. The fourth-order valence-corrected chi connectivity index (χ4v) is 4.84. The first-order valence-electron chi connectivity index (χ1n) is 9.98. The minimum atomic E-state index is -0.686. The summed E-state index contributed by atoms with van der Waals surface area (Å²) in [7, 11) is 1.70. The largest absolute Gasteiger partial charge is 0.481 e. The van der Waals surface area contributed by atoms with Crippen molar-refractivity contribution in [1.29, 1.82) is 0 Å². The average Bonchev–Trinajstić information content (AvgIpc) is 3.35. The molecule has 2 aromatic rings. The number of nitrogens with zero attached hydrogens (tertiary/aromatic N) is 2. The first-order chi connectivity index (χ1) is 13.4. The maximum absolute atomic E-state index is 13.0. The average molecular weight is 384 g/mol. The zero-order valence-electron chi connectivity index (χ0n) is 16.8. The fourth-order valence-electron chi connectivity index (χ4n) is 4.84. The molecule has 28 heavy (non-hydrogen) atoms. The molecule has 1 aromatic carbocycles. The second-order valence-corrected chi connectivity index (χ2v) is 8.34. The molecule has 1 saturated carbocycles. The second kappa shape index (κ2) is 6.92. The fraction of sp³-hybridized carbons (Fsp3) is 0.545. The standard InChI is InChI=1S/C22H28N2O4/c1-14-15(2)24(10-11-28-3)19-5-4-16(12-17(14)19)20(25)23-8-6-22(7-9-23)13-18(22)21(26)27/h4-5,12,18H,6-11,13H2,1-3H3,(H,26,27). The van der Waals surface area contributed by atoms with E-state index >= 15 is 0 Å². The van der Waals surface area contributed by atoms with E-state index in [0.29, 0.717) is 25.3 Å². The summed E-state index contributed by atoms with van der Waals surface area (Å²) in [6.45, 7) is 6.93. The first kappa shape index (κ1) is 19.0. The van der Waals surface area contributed by atoms with E-state index in [1.165, 1.54) is 11.3 Å². The van der Waals surface area contributed by atoms with Crippen LogP contribution in [0.1, 0.15) is 40.9 Å². The molecule has 0 bridgehead atoms. The maximum atomic E-state index is 13.0. The molecule has 1 unspecified atom stereocenters. The van der Waals surface area contributed by atoms with Crippen LogP contribution in [0, 0.1) is 25.2 Å². The van der Waals surface area contributed by atoms with Crippen LogP contribution in [-0.2, 0) is 16.1 Å². The van der Waals surface area contributed by atoms with Crippen LogP contribution in [0.15, 0.2) is 18.2 Å². The molecule has 0 radical (unpaired) electrons. The van der Waals surface area contributed by atoms with Gasteiger partial charge >= 0.3 is 5.97 Å². The molecule has 1 aliphatic carbocycles. The predicted octanol–water partition coefficient (Wildman–Crippen LogP) is 3.23. The third-order valence-electron chi connectivity index (χ3n) is 6.94. The van der Waals surface area contributed by atoms with Crippen LogP contribution in [0.3, 0.4) is 0 Å². The van der Waals surface area contributed by atoms with Gasteiger partial charge in [0.2, 0.25) is 0 Å². The zero-order valence-corrected chi connectivity index (χ0v) is 16.8. The molecule has 1 amide bonds. The lowest BCUT2D eigenvalue weighted by molar-refractivity contribution is -0.139. The van der Waals surface area contributed by atoms with Gasteiger partial charge < -0.3 is 19.3 Å². The highest BCUT2D eigenvalue weighted by Crippen LogP contribution is 2.59. The van der Waals surface area contributed by atoms with Gasteiger partial charge in [0.15, 0.2) is 0 Å². The highest BCUT2D eigenvalue weighted by atomic mass is 16.5. The molecule has 4 rings (SSSR count). The molecule has 1 atom stereocenters. The lowest BCUT2D eigenvalue weighted by atomic mass is 9.90. The Balaban J connectivity index is 1.52. The van der Waals surface area contributed by atoms with Crippen molar-refractivity contribution in [3.63, 3.8) is 0 Å². The minimum Gasteiger partial charge on any atom is -0.481 e. The number of aryl methyl sites for hydroxylation is 1. The number of amides is 1. The topological polar surface area (TPSA) is 71.8 Å². The second-order valence-electron chi connectivity index (χ2n) is 8.34. The van der Waals surface area contributed by atoms with Crippen molar-refractivity contribution in [3.8, 4) is 0 Å². The van der Waals surface area contributed by atoms with E-state index < -0.39 is 5.97 Å². The third-order valence-corrected chi connectivity index (χ3v) is 6.94. The number of benzene rings is 1. The van der Waals surface area contributed by atoms with Gasteiger partial charge in [-0.15, -0.1) is 0 Å². The molecular weight excluding hydrogens is 356 g/mol. The van der Waals surface area contributed by atoms with Gasteiger partial charge in [-0.25, -0.2) is 0 Å². The van der Waals surface area contributed by atoms with Gasteiger partial charge in [0, 0.05) is 48.9 Å². The number of carboxylic acid groups (broad SMARTS) is 1. The third kappa shape index (κ3) is 3.00. The van der Waals surface area contributed by atoms with Crippen molar-refractivity contribution in [1.82, 2.24) is 9.47 Å². The Kier molecular flexibility index (Phi) is 4.70. The Bertz CT molecular complexity index is 938. The Labute approximate surface area is 165 Å². The maximum Gasteiger partial charge on any atom is 0.307 e. The van der Waals surface area contributed by atoms with Gasteiger partial charge in [0.1, 0.15) is 0 Å². The first-order valence-corrected chi connectivity index (χ1v) is 9.98. The van der Waals surface area contributed by atoms with E-state index in [0.717, 1.165) is 36.7 Å². The van der Waals surface area contributed by atoms with E-state index in [4.69, 9.17) is 4.74 Å². The van der Waals surface area contributed by atoms with E-state index in [1.807, 2.05) is 23.1 Å². The van der Waals surface area contributed by atoms with E-state index in [1.54, 1.807) is 7.11 Å². The highest BCUT2D eigenvalue weighted by Gasteiger charge is 2.59. The highest BCUT2D eigenvalue weighted by molar-refractivity contribution is 5.99. The quantitative estimate of drug-likeness (QED) is 0.859. The van der Waals surface area contributed by atoms with Crippen LogP contribution in [-0.4, -0.2) is 53.3 Å². The van der Waals surface area contributed by atoms with Crippen molar-refractivity contribution in [3.05, 3.63) is 35.0 Å². The smallest absolute Gasteiger partial charge is 0.307 e. The van der Waals surface area contributed by atoms with Gasteiger partial charge in [0.05, 0.1) is 12.5 Å². The predicted molar refractivity (Wildman–Crippen MR) is 107 cm³/mol. The summed E-state index contributed by atoms with van der Waals surface area (Å²) in [6.07, 6.45) is 2.36. The molecule has 1 aliphatic heterocycles. The van der Waals surface area contributed by atoms with Crippen LogP contribution in [0.4, 0.5) is 0 Å². The summed E-state index contributed by atoms with van der Waals surface area (Å²) in [5.74, 6) is -0.849. The number of methoxy groups -OCH3 is 1. The number of carbonyl (C=O) groups is 2. The van der Waals surface area contributed by atoms with Crippen LogP contribution in [0.2, 0.25) is 0 Å². The normalized spacial score (nSPS) is 20.7. The molecule has 1 N–H and O–H groups in total. The Morgan fingerprint density at radius 1 is 1.25 bits per heavy atom. The van der Waals surface area contributed by atoms with Gasteiger partial charge in [-0.2, -0.15) is 0 Å². The van der Waals surface area contributed by atoms with Crippen molar-refractivity contribution in [2.75, 3.05) is 26.8 Å². The monoisotopic (exact) mass is 384 g/mol. The number of ether oxygens (including phenoxy) is 1. The van der Waals surface area contributed by atoms with Crippen LogP contribution < -0.4 is 0 Å². The number of carbonyl (C=O) groups excluding carboxylic acids is 1. The van der Waals surface area contributed by atoms with E-state index in [9.17, 15) is 14.7 Å². The molecular formula is C22H28N2O4. The lowest BCUT2D eigenvalue weighted by Gasteiger charge is -2.32. The van der Waals surface area contributed by atoms with Crippen molar-refractivity contribution < 1.29 is 19.4 Å². The van der Waals surface area contributed by atoms with Crippen molar-refractivity contribution >= 4 is 22.8 Å². The summed E-state index contributed by atoms with van der Waals surface area (Å²) in [6, 6.07) is 5.95. The number of rotatable bonds is 5. The molecule has 6 heteroatoms. The number of carboxylic acids is 1. The number of fused-ring (bicyclic) bond motifs is 1. The molecule has 1 saturated heterocycles. The summed E-state index contributed by atoms with van der Waals surface area (Å²) in [5.41, 5.74) is 4.17. The number of piperidine rings is 1. The lowest BCUT2D eigenvalue weighted by Crippen LogP contribution is -2.40. The summed E-state index contributed by atoms with van der Waals surface area (Å²) in [4.78, 5) is 26.2. The van der Waals surface area contributed by atoms with Crippen molar-refractivity contribution in [2.24, 2.45) is 11.3 Å². The molecule has 150 valence electrons. The SMILES string of the molecule is COCCn1c(C)c(C)c2cc(C(=O)N3CCC4(CC3)CC4C(=O)O)ccc21. The summed E-state index contributed by atoms with van der Waals surface area (Å²) < 4.78 is 7.47. The Morgan fingerprint density at radius 2 is 1.96 bits per heavy atom. The van der Waals surface area contributed by atoms with Crippen molar-refractivity contribution in [2.45, 2.75) is 39.7 Å². The Hall–Kier alpha value is -2.34. The number of hydrogen-bond donors (Lipinski definition) is 1.